The third kappa shape index (κ3) is 2.81. The molecule has 0 bridgehead atoms. The molecule has 1 N–H and O–H groups in total. The number of rotatable bonds is 2. The summed E-state index contributed by atoms with van der Waals surface area (Å²) in [6, 6.07) is 6.29. The lowest BCUT2D eigenvalue weighted by atomic mass is 10.00. The van der Waals surface area contributed by atoms with Gasteiger partial charge in [-0.25, -0.2) is 0 Å². The number of aliphatic hydroxyl groups is 1. The fourth-order valence-corrected chi connectivity index (χ4v) is 1.99. The van der Waals surface area contributed by atoms with E-state index in [1.54, 1.807) is 19.9 Å². The van der Waals surface area contributed by atoms with E-state index in [1.165, 1.54) is 12.1 Å². The Morgan fingerprint density at radius 3 is 2.37 bits per heavy atom. The molecule has 0 fully saturated rings. The molecule has 0 radical (unpaired) electrons. The van der Waals surface area contributed by atoms with E-state index in [1.807, 2.05) is 0 Å². The molecule has 102 valence electrons. The minimum atomic E-state index is -4.42. The van der Waals surface area contributed by atoms with E-state index in [4.69, 9.17) is 4.42 Å². The van der Waals surface area contributed by atoms with E-state index >= 15 is 0 Å². The molecule has 1 atom stereocenters. The Hall–Kier alpha value is -1.75. The first-order valence-electron chi connectivity index (χ1n) is 5.71. The second-order valence-corrected chi connectivity index (χ2v) is 4.39. The summed E-state index contributed by atoms with van der Waals surface area (Å²) >= 11 is 0. The van der Waals surface area contributed by atoms with Crippen molar-refractivity contribution in [3.63, 3.8) is 0 Å². The van der Waals surface area contributed by atoms with Crippen molar-refractivity contribution in [1.82, 2.24) is 0 Å². The van der Waals surface area contributed by atoms with Crippen LogP contribution in [0.5, 0.6) is 0 Å². The summed E-state index contributed by atoms with van der Waals surface area (Å²) in [6.07, 6.45) is -5.54. The average molecular weight is 270 g/mol. The van der Waals surface area contributed by atoms with Crippen LogP contribution in [0.1, 0.15) is 34.3 Å². The summed E-state index contributed by atoms with van der Waals surface area (Å²) in [5.41, 5.74) is -0.0996. The van der Waals surface area contributed by atoms with E-state index in [0.29, 0.717) is 17.1 Å². The number of hydrogen-bond donors (Lipinski definition) is 1. The van der Waals surface area contributed by atoms with Gasteiger partial charge in [-0.1, -0.05) is 12.1 Å². The Morgan fingerprint density at radius 1 is 1.16 bits per heavy atom. The first-order chi connectivity index (χ1) is 8.79. The van der Waals surface area contributed by atoms with Gasteiger partial charge >= 0.3 is 6.18 Å². The number of benzene rings is 1. The molecule has 2 aromatic rings. The van der Waals surface area contributed by atoms with Crippen LogP contribution in [0.15, 0.2) is 34.7 Å². The largest absolute Gasteiger partial charge is 0.466 e. The zero-order valence-corrected chi connectivity index (χ0v) is 10.5. The molecule has 0 saturated heterocycles. The molecule has 5 heteroatoms. The summed E-state index contributed by atoms with van der Waals surface area (Å²) in [5, 5.41) is 10.1. The minimum Gasteiger partial charge on any atom is -0.466 e. The smallest absolute Gasteiger partial charge is 0.416 e. The van der Waals surface area contributed by atoms with E-state index in [9.17, 15) is 18.3 Å². The van der Waals surface area contributed by atoms with Crippen molar-refractivity contribution in [3.05, 3.63) is 58.5 Å². The van der Waals surface area contributed by atoms with Crippen LogP contribution >= 0.6 is 0 Å². The van der Waals surface area contributed by atoms with Crippen LogP contribution in [-0.2, 0) is 6.18 Å². The van der Waals surface area contributed by atoms with Gasteiger partial charge in [-0.05, 0) is 37.6 Å². The van der Waals surface area contributed by atoms with Crippen LogP contribution in [0.4, 0.5) is 13.2 Å². The SMILES string of the molecule is Cc1cc(C(O)c2cccc(C(F)(F)F)c2)c(C)o1. The normalized spacial score (nSPS) is 13.6. The van der Waals surface area contributed by atoms with Crippen LogP contribution in [0.25, 0.3) is 0 Å². The van der Waals surface area contributed by atoms with Crippen LogP contribution in [0.2, 0.25) is 0 Å². The lowest BCUT2D eigenvalue weighted by Crippen LogP contribution is -2.07. The van der Waals surface area contributed by atoms with Gasteiger partial charge in [-0.15, -0.1) is 0 Å². The lowest BCUT2D eigenvalue weighted by molar-refractivity contribution is -0.137. The summed E-state index contributed by atoms with van der Waals surface area (Å²) in [6.45, 7) is 3.38. The lowest BCUT2D eigenvalue weighted by Gasteiger charge is -2.13. The zero-order valence-electron chi connectivity index (χ0n) is 10.5. The molecule has 1 aromatic carbocycles. The standard InChI is InChI=1S/C14H13F3O2/c1-8-6-12(9(2)19-8)13(18)10-4-3-5-11(7-10)14(15,16)17/h3-7,13,18H,1-2H3. The summed E-state index contributed by atoms with van der Waals surface area (Å²) in [4.78, 5) is 0. The Labute approximate surface area is 108 Å². The van der Waals surface area contributed by atoms with Gasteiger partial charge in [0.05, 0.1) is 5.56 Å². The van der Waals surface area contributed by atoms with Crippen molar-refractivity contribution in [3.8, 4) is 0 Å². The first-order valence-corrected chi connectivity index (χ1v) is 5.71. The van der Waals surface area contributed by atoms with E-state index in [2.05, 4.69) is 0 Å². The Bertz CT molecular complexity index is 585. The molecule has 1 heterocycles. The van der Waals surface area contributed by atoms with Gasteiger partial charge in [0.15, 0.2) is 0 Å². The summed E-state index contributed by atoms with van der Waals surface area (Å²) < 4.78 is 43.1. The van der Waals surface area contributed by atoms with Crippen LogP contribution < -0.4 is 0 Å². The number of hydrogen-bond acceptors (Lipinski definition) is 2. The second kappa shape index (κ2) is 4.74. The predicted molar refractivity (Wildman–Crippen MR) is 63.7 cm³/mol. The van der Waals surface area contributed by atoms with Gasteiger partial charge in [0.1, 0.15) is 17.6 Å². The van der Waals surface area contributed by atoms with Gasteiger partial charge in [-0.3, -0.25) is 0 Å². The van der Waals surface area contributed by atoms with Crippen LogP contribution in [0.3, 0.4) is 0 Å². The molecule has 2 rings (SSSR count). The van der Waals surface area contributed by atoms with Gasteiger partial charge in [0, 0.05) is 5.56 Å². The van der Waals surface area contributed by atoms with Crippen molar-refractivity contribution < 1.29 is 22.7 Å². The molecule has 1 unspecified atom stereocenters. The Morgan fingerprint density at radius 2 is 1.84 bits per heavy atom. The number of aryl methyl sites for hydroxylation is 2. The maximum absolute atomic E-state index is 12.6. The minimum absolute atomic E-state index is 0.193. The molecule has 0 amide bonds. The Balaban J connectivity index is 2.39. The summed E-state index contributed by atoms with van der Waals surface area (Å²) in [5.74, 6) is 1.11. The molecule has 0 spiro atoms. The van der Waals surface area contributed by atoms with Crippen LogP contribution in [-0.4, -0.2) is 5.11 Å². The molecule has 0 aliphatic heterocycles. The molecule has 0 aliphatic carbocycles. The number of alkyl halides is 3. The monoisotopic (exact) mass is 270 g/mol. The van der Waals surface area contributed by atoms with Gasteiger partial charge in [-0.2, -0.15) is 13.2 Å². The Kier molecular flexibility index (Phi) is 3.41. The third-order valence-corrected chi connectivity index (χ3v) is 2.90. The van der Waals surface area contributed by atoms with Crippen molar-refractivity contribution in [1.29, 1.82) is 0 Å². The maximum Gasteiger partial charge on any atom is 0.416 e. The molecule has 1 aromatic heterocycles. The highest BCUT2D eigenvalue weighted by molar-refractivity contribution is 5.35. The molecule has 19 heavy (non-hydrogen) atoms. The zero-order chi connectivity index (χ0) is 14.2. The second-order valence-electron chi connectivity index (χ2n) is 4.39. The molecular formula is C14H13F3O2. The topological polar surface area (TPSA) is 33.4 Å². The van der Waals surface area contributed by atoms with Crippen molar-refractivity contribution in [2.24, 2.45) is 0 Å². The summed E-state index contributed by atoms with van der Waals surface area (Å²) in [7, 11) is 0. The maximum atomic E-state index is 12.6. The average Bonchev–Trinajstić information content (AvgIpc) is 2.66. The van der Waals surface area contributed by atoms with Crippen molar-refractivity contribution in [2.75, 3.05) is 0 Å². The van der Waals surface area contributed by atoms with E-state index < -0.39 is 17.8 Å². The molecule has 2 nitrogen and oxygen atoms in total. The fraction of sp³-hybridized carbons (Fsp3) is 0.286. The first kappa shape index (κ1) is 13.7. The number of halogens is 3. The highest BCUT2D eigenvalue weighted by atomic mass is 19.4. The van der Waals surface area contributed by atoms with Gasteiger partial charge in [0.25, 0.3) is 0 Å². The van der Waals surface area contributed by atoms with Gasteiger partial charge < -0.3 is 9.52 Å². The van der Waals surface area contributed by atoms with Crippen molar-refractivity contribution in [2.45, 2.75) is 26.1 Å². The number of aliphatic hydroxyl groups excluding tert-OH is 1. The van der Waals surface area contributed by atoms with Gasteiger partial charge in [0.2, 0.25) is 0 Å². The molecular weight excluding hydrogens is 257 g/mol. The predicted octanol–water partition coefficient (Wildman–Crippen LogP) is 4.00. The molecule has 0 saturated carbocycles. The highest BCUT2D eigenvalue weighted by Crippen LogP contribution is 2.33. The third-order valence-electron chi connectivity index (χ3n) is 2.90. The highest BCUT2D eigenvalue weighted by Gasteiger charge is 2.31. The quantitative estimate of drug-likeness (QED) is 0.894. The van der Waals surface area contributed by atoms with E-state index in [-0.39, 0.29) is 5.56 Å². The number of furan rings is 1. The van der Waals surface area contributed by atoms with Crippen molar-refractivity contribution >= 4 is 0 Å². The van der Waals surface area contributed by atoms with E-state index in [0.717, 1.165) is 12.1 Å². The molecule has 0 aliphatic rings. The van der Waals surface area contributed by atoms with Crippen LogP contribution in [0, 0.1) is 13.8 Å². The fourth-order valence-electron chi connectivity index (χ4n) is 1.99.